The molecule has 0 heterocycles. The highest BCUT2D eigenvalue weighted by molar-refractivity contribution is 5.80. The zero-order valence-electron chi connectivity index (χ0n) is 10.3. The van der Waals surface area contributed by atoms with Gasteiger partial charge in [-0.1, -0.05) is 18.2 Å². The highest BCUT2D eigenvalue weighted by Gasteiger charge is 2.15. The zero-order valence-corrected chi connectivity index (χ0v) is 10.3. The number of amides is 1. The molecule has 1 aromatic rings. The van der Waals surface area contributed by atoms with E-state index in [4.69, 9.17) is 4.74 Å². The lowest BCUT2D eigenvalue weighted by molar-refractivity contribution is -0.127. The molecule has 1 amide bonds. The smallest absolute Gasteiger partial charge is 0.260 e. The second-order valence-electron chi connectivity index (χ2n) is 4.19. The molecule has 88 valence electrons. The lowest BCUT2D eigenvalue weighted by atomic mass is 10.2. The van der Waals surface area contributed by atoms with Crippen LogP contribution in [-0.2, 0) is 4.79 Å². The standard InChI is InChI=1S/C13H19NO2/c1-9(2)14-13(15)11(4)16-12-8-6-5-7-10(12)3/h5-9,11H,1-4H3,(H,14,15). The molecule has 16 heavy (non-hydrogen) atoms. The number of hydrogen-bond donors (Lipinski definition) is 1. The van der Waals surface area contributed by atoms with Crippen LogP contribution in [0, 0.1) is 6.92 Å². The van der Waals surface area contributed by atoms with Crippen molar-refractivity contribution in [1.29, 1.82) is 0 Å². The van der Waals surface area contributed by atoms with Crippen LogP contribution in [0.3, 0.4) is 0 Å². The van der Waals surface area contributed by atoms with Gasteiger partial charge < -0.3 is 10.1 Å². The maximum absolute atomic E-state index is 11.6. The molecule has 0 spiro atoms. The molecule has 1 N–H and O–H groups in total. The van der Waals surface area contributed by atoms with E-state index in [1.165, 1.54) is 0 Å². The fourth-order valence-electron chi connectivity index (χ4n) is 1.33. The first-order valence-electron chi connectivity index (χ1n) is 5.53. The van der Waals surface area contributed by atoms with Gasteiger partial charge in [-0.3, -0.25) is 4.79 Å². The second-order valence-corrected chi connectivity index (χ2v) is 4.19. The maximum Gasteiger partial charge on any atom is 0.260 e. The highest BCUT2D eigenvalue weighted by atomic mass is 16.5. The van der Waals surface area contributed by atoms with Gasteiger partial charge >= 0.3 is 0 Å². The highest BCUT2D eigenvalue weighted by Crippen LogP contribution is 2.17. The van der Waals surface area contributed by atoms with Gasteiger partial charge in [0.05, 0.1) is 0 Å². The molecule has 0 aliphatic heterocycles. The molecule has 0 bridgehead atoms. The molecule has 3 heteroatoms. The summed E-state index contributed by atoms with van der Waals surface area (Å²) in [6.45, 7) is 7.57. The Bertz CT molecular complexity index is 361. The van der Waals surface area contributed by atoms with E-state index in [2.05, 4.69) is 5.32 Å². The molecule has 1 atom stereocenters. The number of carbonyl (C=O) groups excluding carboxylic acids is 1. The van der Waals surface area contributed by atoms with Crippen LogP contribution in [-0.4, -0.2) is 18.1 Å². The van der Waals surface area contributed by atoms with Crippen molar-refractivity contribution < 1.29 is 9.53 Å². The lowest BCUT2D eigenvalue weighted by Gasteiger charge is -2.17. The van der Waals surface area contributed by atoms with Gasteiger partial charge in [0, 0.05) is 6.04 Å². The first-order chi connectivity index (χ1) is 7.50. The van der Waals surface area contributed by atoms with Crippen LogP contribution in [0.4, 0.5) is 0 Å². The lowest BCUT2D eigenvalue weighted by Crippen LogP contribution is -2.40. The first kappa shape index (κ1) is 12.6. The maximum atomic E-state index is 11.6. The van der Waals surface area contributed by atoms with Crippen molar-refractivity contribution >= 4 is 5.91 Å². The van der Waals surface area contributed by atoms with Crippen LogP contribution in [0.1, 0.15) is 26.3 Å². The van der Waals surface area contributed by atoms with E-state index >= 15 is 0 Å². The van der Waals surface area contributed by atoms with Gasteiger partial charge in [-0.15, -0.1) is 0 Å². The first-order valence-corrected chi connectivity index (χ1v) is 5.53. The van der Waals surface area contributed by atoms with Crippen LogP contribution in [0.2, 0.25) is 0 Å². The SMILES string of the molecule is Cc1ccccc1OC(C)C(=O)NC(C)C. The Morgan fingerprint density at radius 1 is 1.25 bits per heavy atom. The molecule has 0 aromatic heterocycles. The molecule has 0 radical (unpaired) electrons. The van der Waals surface area contributed by atoms with Gasteiger partial charge in [0.1, 0.15) is 5.75 Å². The number of para-hydroxylation sites is 1. The number of rotatable bonds is 4. The Hall–Kier alpha value is -1.51. The van der Waals surface area contributed by atoms with Crippen molar-refractivity contribution in [3.8, 4) is 5.75 Å². The van der Waals surface area contributed by atoms with Gasteiger partial charge in [0.2, 0.25) is 0 Å². The summed E-state index contributed by atoms with van der Waals surface area (Å²) in [6.07, 6.45) is -0.469. The number of hydrogen-bond acceptors (Lipinski definition) is 2. The molecular weight excluding hydrogens is 202 g/mol. The van der Waals surface area contributed by atoms with Crippen molar-refractivity contribution in [2.24, 2.45) is 0 Å². The Morgan fingerprint density at radius 3 is 2.44 bits per heavy atom. The molecule has 0 saturated heterocycles. The molecule has 3 nitrogen and oxygen atoms in total. The van der Waals surface area contributed by atoms with Crippen LogP contribution in [0.5, 0.6) is 5.75 Å². The topological polar surface area (TPSA) is 38.3 Å². The van der Waals surface area contributed by atoms with Gasteiger partial charge in [-0.05, 0) is 39.3 Å². The average molecular weight is 221 g/mol. The van der Waals surface area contributed by atoms with Crippen LogP contribution in [0.25, 0.3) is 0 Å². The second kappa shape index (κ2) is 5.54. The predicted molar refractivity (Wildman–Crippen MR) is 64.5 cm³/mol. The van der Waals surface area contributed by atoms with Gasteiger partial charge in [0.25, 0.3) is 5.91 Å². The van der Waals surface area contributed by atoms with E-state index in [1.54, 1.807) is 6.92 Å². The van der Waals surface area contributed by atoms with Gasteiger partial charge in [-0.25, -0.2) is 0 Å². The van der Waals surface area contributed by atoms with Crippen LogP contribution >= 0.6 is 0 Å². The minimum absolute atomic E-state index is 0.0850. The molecule has 1 aromatic carbocycles. The quantitative estimate of drug-likeness (QED) is 0.847. The largest absolute Gasteiger partial charge is 0.481 e. The number of carbonyl (C=O) groups is 1. The Kier molecular flexibility index (Phi) is 4.35. The summed E-state index contributed by atoms with van der Waals surface area (Å²) in [4.78, 5) is 11.6. The molecule has 1 unspecified atom stereocenters. The van der Waals surface area contributed by atoms with E-state index in [1.807, 2.05) is 45.0 Å². The molecule has 0 aliphatic rings. The van der Waals surface area contributed by atoms with E-state index in [9.17, 15) is 4.79 Å². The predicted octanol–water partition coefficient (Wildman–Crippen LogP) is 2.29. The summed E-state index contributed by atoms with van der Waals surface area (Å²) in [5.74, 6) is 0.673. The van der Waals surface area contributed by atoms with Gasteiger partial charge in [0.15, 0.2) is 6.10 Å². The molecular formula is C13H19NO2. The normalized spacial score (nSPS) is 12.3. The fraction of sp³-hybridized carbons (Fsp3) is 0.462. The Morgan fingerprint density at radius 2 is 1.88 bits per heavy atom. The Labute approximate surface area is 96.8 Å². The molecule has 0 aliphatic carbocycles. The fourth-order valence-corrected chi connectivity index (χ4v) is 1.33. The van der Waals surface area contributed by atoms with E-state index in [0.29, 0.717) is 0 Å². The third-order valence-electron chi connectivity index (χ3n) is 2.20. The van der Waals surface area contributed by atoms with E-state index in [-0.39, 0.29) is 11.9 Å². The Balaban J connectivity index is 2.61. The molecule has 0 saturated carbocycles. The number of ether oxygens (including phenoxy) is 1. The van der Waals surface area contributed by atoms with Crippen molar-refractivity contribution in [1.82, 2.24) is 5.32 Å². The number of nitrogens with one attached hydrogen (secondary N) is 1. The summed E-state index contributed by atoms with van der Waals surface area (Å²) in [5.41, 5.74) is 1.03. The van der Waals surface area contributed by atoms with Crippen molar-refractivity contribution in [2.75, 3.05) is 0 Å². The van der Waals surface area contributed by atoms with Gasteiger partial charge in [-0.2, -0.15) is 0 Å². The summed E-state index contributed by atoms with van der Waals surface area (Å²) in [7, 11) is 0. The van der Waals surface area contributed by atoms with Crippen LogP contribution in [0.15, 0.2) is 24.3 Å². The third-order valence-corrected chi connectivity index (χ3v) is 2.20. The number of aryl methyl sites for hydroxylation is 1. The minimum Gasteiger partial charge on any atom is -0.481 e. The summed E-state index contributed by atoms with van der Waals surface area (Å²) in [6, 6.07) is 7.81. The monoisotopic (exact) mass is 221 g/mol. The summed E-state index contributed by atoms with van der Waals surface area (Å²) in [5, 5.41) is 2.82. The third kappa shape index (κ3) is 3.57. The molecule has 0 fully saturated rings. The van der Waals surface area contributed by atoms with Crippen molar-refractivity contribution in [3.63, 3.8) is 0 Å². The summed E-state index contributed by atoms with van der Waals surface area (Å²) < 4.78 is 5.60. The van der Waals surface area contributed by atoms with Crippen molar-refractivity contribution in [2.45, 2.75) is 39.8 Å². The average Bonchev–Trinajstić information content (AvgIpc) is 2.20. The van der Waals surface area contributed by atoms with Crippen LogP contribution < -0.4 is 10.1 Å². The minimum atomic E-state index is -0.469. The summed E-state index contributed by atoms with van der Waals surface area (Å²) >= 11 is 0. The van der Waals surface area contributed by atoms with Crippen molar-refractivity contribution in [3.05, 3.63) is 29.8 Å². The zero-order chi connectivity index (χ0) is 12.1. The van der Waals surface area contributed by atoms with E-state index in [0.717, 1.165) is 11.3 Å². The molecule has 1 rings (SSSR count). The van der Waals surface area contributed by atoms with E-state index < -0.39 is 6.10 Å². The number of benzene rings is 1.